The number of amides is 1. The third-order valence-corrected chi connectivity index (χ3v) is 4.26. The Kier molecular flexibility index (Phi) is 3.73. The van der Waals surface area contributed by atoms with E-state index in [2.05, 4.69) is 22.5 Å². The number of piperazine rings is 1. The highest BCUT2D eigenvalue weighted by Crippen LogP contribution is 2.36. The van der Waals surface area contributed by atoms with Gasteiger partial charge in [0.1, 0.15) is 0 Å². The molecule has 0 bridgehead atoms. The number of nitrogens with one attached hydrogen (secondary N) is 2. The molecular weight excluding hydrogens is 214 g/mol. The molecule has 0 aromatic carbocycles. The first kappa shape index (κ1) is 12.8. The molecule has 1 heterocycles. The summed E-state index contributed by atoms with van der Waals surface area (Å²) in [6, 6.07) is 0. The van der Waals surface area contributed by atoms with Crippen LogP contribution >= 0.6 is 0 Å². The maximum Gasteiger partial charge on any atom is 0.239 e. The predicted molar refractivity (Wildman–Crippen MR) is 68.8 cm³/mol. The van der Waals surface area contributed by atoms with Crippen molar-refractivity contribution in [3.63, 3.8) is 0 Å². The fraction of sp³-hybridized carbons (Fsp3) is 0.923. The molecular formula is C13H25N3O. The summed E-state index contributed by atoms with van der Waals surface area (Å²) in [5, 5.41) is 6.43. The molecule has 1 saturated heterocycles. The third-order valence-electron chi connectivity index (χ3n) is 4.26. The minimum atomic E-state index is -0.375. The van der Waals surface area contributed by atoms with E-state index in [0.717, 1.165) is 44.6 Å². The Balaban J connectivity index is 1.82. The van der Waals surface area contributed by atoms with E-state index in [1.807, 2.05) is 13.8 Å². The smallest absolute Gasteiger partial charge is 0.239 e. The molecule has 0 spiro atoms. The minimum Gasteiger partial charge on any atom is -0.354 e. The number of rotatable bonds is 4. The van der Waals surface area contributed by atoms with Gasteiger partial charge in [-0.25, -0.2) is 0 Å². The first-order chi connectivity index (χ1) is 8.01. The molecule has 2 unspecified atom stereocenters. The number of nitrogens with zero attached hydrogens (tertiary/aromatic N) is 1. The van der Waals surface area contributed by atoms with Crippen LogP contribution in [0.2, 0.25) is 0 Å². The molecule has 2 fully saturated rings. The Bertz CT molecular complexity index is 284. The van der Waals surface area contributed by atoms with Crippen LogP contribution in [0.1, 0.15) is 27.2 Å². The predicted octanol–water partition coefficient (Wildman–Crippen LogP) is 0.442. The second-order valence-electron chi connectivity index (χ2n) is 5.98. The van der Waals surface area contributed by atoms with Crippen molar-refractivity contribution in [2.45, 2.75) is 32.7 Å². The maximum atomic E-state index is 12.2. The lowest BCUT2D eigenvalue weighted by Gasteiger charge is -2.39. The highest BCUT2D eigenvalue weighted by molar-refractivity contribution is 5.85. The van der Waals surface area contributed by atoms with Gasteiger partial charge in [-0.15, -0.1) is 0 Å². The summed E-state index contributed by atoms with van der Waals surface area (Å²) in [6.07, 6.45) is 1.27. The molecule has 0 radical (unpaired) electrons. The van der Waals surface area contributed by atoms with Crippen molar-refractivity contribution in [3.8, 4) is 0 Å². The van der Waals surface area contributed by atoms with Gasteiger partial charge >= 0.3 is 0 Å². The molecule has 2 aliphatic rings. The van der Waals surface area contributed by atoms with E-state index in [9.17, 15) is 4.79 Å². The molecule has 17 heavy (non-hydrogen) atoms. The zero-order chi connectivity index (χ0) is 12.5. The van der Waals surface area contributed by atoms with E-state index in [4.69, 9.17) is 0 Å². The van der Waals surface area contributed by atoms with Gasteiger partial charge in [0.05, 0.1) is 5.54 Å². The Morgan fingerprint density at radius 3 is 2.53 bits per heavy atom. The summed E-state index contributed by atoms with van der Waals surface area (Å²) < 4.78 is 0. The van der Waals surface area contributed by atoms with Gasteiger partial charge < -0.3 is 10.6 Å². The molecule has 1 aliphatic carbocycles. The topological polar surface area (TPSA) is 44.4 Å². The molecule has 1 saturated carbocycles. The van der Waals surface area contributed by atoms with Crippen LogP contribution in [0.25, 0.3) is 0 Å². The first-order valence-electron chi connectivity index (χ1n) is 6.76. The van der Waals surface area contributed by atoms with Gasteiger partial charge in [0.15, 0.2) is 0 Å². The van der Waals surface area contributed by atoms with Crippen LogP contribution in [-0.4, -0.2) is 49.1 Å². The molecule has 98 valence electrons. The van der Waals surface area contributed by atoms with Gasteiger partial charge in [0.2, 0.25) is 5.91 Å². The van der Waals surface area contributed by atoms with Crippen LogP contribution in [0, 0.1) is 11.8 Å². The van der Waals surface area contributed by atoms with Crippen LogP contribution < -0.4 is 10.6 Å². The molecule has 2 N–H and O–H groups in total. The van der Waals surface area contributed by atoms with E-state index in [0.29, 0.717) is 0 Å². The van der Waals surface area contributed by atoms with Crippen molar-refractivity contribution in [2.75, 3.05) is 32.7 Å². The largest absolute Gasteiger partial charge is 0.354 e. The molecule has 2 rings (SSSR count). The van der Waals surface area contributed by atoms with Crippen LogP contribution in [-0.2, 0) is 4.79 Å². The summed E-state index contributed by atoms with van der Waals surface area (Å²) in [5.74, 6) is 1.70. The van der Waals surface area contributed by atoms with Gasteiger partial charge in [0, 0.05) is 32.7 Å². The van der Waals surface area contributed by atoms with Crippen molar-refractivity contribution < 1.29 is 4.79 Å². The normalized spacial score (nSPS) is 30.1. The van der Waals surface area contributed by atoms with E-state index >= 15 is 0 Å². The van der Waals surface area contributed by atoms with E-state index in [1.54, 1.807) is 0 Å². The fourth-order valence-corrected chi connectivity index (χ4v) is 2.49. The monoisotopic (exact) mass is 239 g/mol. The summed E-state index contributed by atoms with van der Waals surface area (Å²) >= 11 is 0. The lowest BCUT2D eigenvalue weighted by molar-refractivity contribution is -0.132. The van der Waals surface area contributed by atoms with Crippen molar-refractivity contribution in [1.82, 2.24) is 15.5 Å². The van der Waals surface area contributed by atoms with Gasteiger partial charge in [-0.1, -0.05) is 6.92 Å². The summed E-state index contributed by atoms with van der Waals surface area (Å²) in [4.78, 5) is 14.5. The molecule has 1 amide bonds. The summed E-state index contributed by atoms with van der Waals surface area (Å²) in [6.45, 7) is 11.1. The van der Waals surface area contributed by atoms with E-state index in [-0.39, 0.29) is 11.4 Å². The quantitative estimate of drug-likeness (QED) is 0.748. The van der Waals surface area contributed by atoms with Gasteiger partial charge in [0.25, 0.3) is 0 Å². The highest BCUT2D eigenvalue weighted by Gasteiger charge is 2.37. The molecule has 4 heteroatoms. The van der Waals surface area contributed by atoms with Crippen LogP contribution in [0.5, 0.6) is 0 Å². The highest BCUT2D eigenvalue weighted by atomic mass is 16.2. The Morgan fingerprint density at radius 1 is 1.41 bits per heavy atom. The van der Waals surface area contributed by atoms with Crippen molar-refractivity contribution in [2.24, 2.45) is 11.8 Å². The fourth-order valence-electron chi connectivity index (χ4n) is 2.49. The molecule has 1 aliphatic heterocycles. The molecule has 0 aromatic rings. The summed E-state index contributed by atoms with van der Waals surface area (Å²) in [5.41, 5.74) is -0.375. The second kappa shape index (κ2) is 4.94. The van der Waals surface area contributed by atoms with Crippen molar-refractivity contribution in [3.05, 3.63) is 0 Å². The Labute approximate surface area is 104 Å². The van der Waals surface area contributed by atoms with Crippen molar-refractivity contribution in [1.29, 1.82) is 0 Å². The number of carbonyl (C=O) groups excluding carboxylic acids is 1. The molecule has 4 nitrogen and oxygen atoms in total. The molecule has 0 aromatic heterocycles. The average Bonchev–Trinajstić information content (AvgIpc) is 3.03. The average molecular weight is 239 g/mol. The van der Waals surface area contributed by atoms with Gasteiger partial charge in [-0.3, -0.25) is 9.69 Å². The van der Waals surface area contributed by atoms with Crippen LogP contribution in [0.4, 0.5) is 0 Å². The number of carbonyl (C=O) groups is 1. The Hall–Kier alpha value is -0.610. The maximum absolute atomic E-state index is 12.2. The number of hydrogen-bond acceptors (Lipinski definition) is 3. The SMILES string of the molecule is CC1CC1CNC(=O)C(C)(C)N1CCNCC1. The second-order valence-corrected chi connectivity index (χ2v) is 5.98. The van der Waals surface area contributed by atoms with Crippen LogP contribution in [0.15, 0.2) is 0 Å². The van der Waals surface area contributed by atoms with Crippen molar-refractivity contribution >= 4 is 5.91 Å². The van der Waals surface area contributed by atoms with Gasteiger partial charge in [-0.05, 0) is 32.1 Å². The number of hydrogen-bond donors (Lipinski definition) is 2. The van der Waals surface area contributed by atoms with E-state index in [1.165, 1.54) is 6.42 Å². The van der Waals surface area contributed by atoms with E-state index < -0.39 is 0 Å². The zero-order valence-electron chi connectivity index (χ0n) is 11.3. The zero-order valence-corrected chi connectivity index (χ0v) is 11.3. The van der Waals surface area contributed by atoms with Crippen LogP contribution in [0.3, 0.4) is 0 Å². The first-order valence-corrected chi connectivity index (χ1v) is 6.76. The van der Waals surface area contributed by atoms with Gasteiger partial charge in [-0.2, -0.15) is 0 Å². The standard InChI is InChI=1S/C13H25N3O/c1-10-8-11(10)9-15-12(17)13(2,3)16-6-4-14-5-7-16/h10-11,14H,4-9H2,1-3H3,(H,15,17). The summed E-state index contributed by atoms with van der Waals surface area (Å²) in [7, 11) is 0. The molecule has 2 atom stereocenters. The third kappa shape index (κ3) is 2.99. The minimum absolute atomic E-state index is 0.179. The Morgan fingerprint density at radius 2 is 2.00 bits per heavy atom. The lowest BCUT2D eigenvalue weighted by atomic mass is 10.0. The lowest BCUT2D eigenvalue weighted by Crippen LogP contribution is -2.60.